The van der Waals surface area contributed by atoms with Crippen molar-refractivity contribution in [1.29, 1.82) is 0 Å². The van der Waals surface area contributed by atoms with E-state index in [-0.39, 0.29) is 24.0 Å². The maximum atomic E-state index is 13.2. The van der Waals surface area contributed by atoms with E-state index in [2.05, 4.69) is 4.74 Å². The summed E-state index contributed by atoms with van der Waals surface area (Å²) in [5.41, 5.74) is 3.34. The van der Waals surface area contributed by atoms with E-state index in [4.69, 9.17) is 14.1 Å². The zero-order valence-corrected chi connectivity index (χ0v) is 20.3. The Morgan fingerprint density at radius 3 is 2.22 bits per heavy atom. The summed E-state index contributed by atoms with van der Waals surface area (Å²) in [6, 6.07) is 26.4. The largest absolute Gasteiger partial charge is 0.482 e. The third-order valence-corrected chi connectivity index (χ3v) is 5.33. The molecule has 0 saturated heterocycles. The molecule has 1 heterocycles. The molecule has 0 saturated carbocycles. The highest BCUT2D eigenvalue weighted by Gasteiger charge is 2.24. The van der Waals surface area contributed by atoms with E-state index in [0.29, 0.717) is 22.8 Å². The number of hydrogen-bond donors (Lipinski definition) is 0. The fourth-order valence-electron chi connectivity index (χ4n) is 3.53. The normalized spacial score (nSPS) is 11.1. The van der Waals surface area contributed by atoms with Crippen LogP contribution in [0.5, 0.6) is 5.75 Å². The lowest BCUT2D eigenvalue weighted by Gasteiger charge is -2.12. The van der Waals surface area contributed by atoms with Crippen LogP contribution in [0, 0.1) is 0 Å². The number of likely N-dealkylation sites (N-methyl/N-ethyl adjacent to an activating group) is 1. The van der Waals surface area contributed by atoms with Crippen molar-refractivity contribution in [1.82, 2.24) is 9.88 Å². The van der Waals surface area contributed by atoms with E-state index in [9.17, 15) is 9.59 Å². The summed E-state index contributed by atoms with van der Waals surface area (Å²) < 4.78 is 16.4. The maximum absolute atomic E-state index is 13.2. The van der Waals surface area contributed by atoms with Gasteiger partial charge in [0.15, 0.2) is 12.4 Å². The Balaban J connectivity index is 1.81. The number of benzene rings is 3. The van der Waals surface area contributed by atoms with Crippen molar-refractivity contribution in [3.8, 4) is 28.3 Å². The molecule has 182 valence electrons. The van der Waals surface area contributed by atoms with Crippen molar-refractivity contribution in [2.75, 3.05) is 27.8 Å². The fourth-order valence-corrected chi connectivity index (χ4v) is 3.53. The Hall–Kier alpha value is -4.65. The number of ether oxygens (including phenoxy) is 2. The van der Waals surface area contributed by atoms with Crippen LogP contribution in [0.2, 0.25) is 0 Å². The molecule has 36 heavy (non-hydrogen) atoms. The number of amides is 1. The zero-order valence-electron chi connectivity index (χ0n) is 20.3. The second kappa shape index (κ2) is 11.2. The van der Waals surface area contributed by atoms with Crippen LogP contribution in [-0.4, -0.2) is 49.6 Å². The van der Waals surface area contributed by atoms with Crippen molar-refractivity contribution in [2.24, 2.45) is 0 Å². The van der Waals surface area contributed by atoms with Gasteiger partial charge in [-0.15, -0.1) is 0 Å². The summed E-state index contributed by atoms with van der Waals surface area (Å²) in [6.07, 6.45) is 1.70. The van der Waals surface area contributed by atoms with Gasteiger partial charge in [0.05, 0.1) is 7.11 Å². The number of hydrogen-bond acceptors (Lipinski definition) is 6. The van der Waals surface area contributed by atoms with Crippen LogP contribution < -0.4 is 4.74 Å². The molecule has 0 aliphatic rings. The van der Waals surface area contributed by atoms with Crippen LogP contribution in [0.3, 0.4) is 0 Å². The predicted molar refractivity (Wildman–Crippen MR) is 138 cm³/mol. The number of esters is 1. The van der Waals surface area contributed by atoms with Gasteiger partial charge in [0.2, 0.25) is 5.89 Å². The Morgan fingerprint density at radius 1 is 0.917 bits per heavy atom. The molecule has 4 aromatic rings. The number of oxazole rings is 1. The molecule has 3 aromatic carbocycles. The van der Waals surface area contributed by atoms with Crippen molar-refractivity contribution in [2.45, 2.75) is 0 Å². The summed E-state index contributed by atoms with van der Waals surface area (Å²) in [5, 5.41) is 0. The van der Waals surface area contributed by atoms with Gasteiger partial charge in [0.1, 0.15) is 17.0 Å². The summed E-state index contributed by atoms with van der Waals surface area (Å²) in [5.74, 6) is 0.488. The first-order valence-electron chi connectivity index (χ1n) is 11.3. The van der Waals surface area contributed by atoms with Gasteiger partial charge in [-0.2, -0.15) is 0 Å². The second-order valence-electron chi connectivity index (χ2n) is 8.12. The first-order valence-corrected chi connectivity index (χ1v) is 11.3. The first-order chi connectivity index (χ1) is 17.5. The quantitative estimate of drug-likeness (QED) is 0.254. The monoisotopic (exact) mass is 482 g/mol. The van der Waals surface area contributed by atoms with E-state index < -0.39 is 5.97 Å². The van der Waals surface area contributed by atoms with Gasteiger partial charge in [-0.05, 0) is 23.8 Å². The minimum absolute atomic E-state index is 0.201. The third kappa shape index (κ3) is 5.70. The van der Waals surface area contributed by atoms with E-state index in [0.717, 1.165) is 11.1 Å². The molecule has 7 heteroatoms. The van der Waals surface area contributed by atoms with Crippen LogP contribution in [0.1, 0.15) is 11.5 Å². The minimum Gasteiger partial charge on any atom is -0.482 e. The lowest BCUT2D eigenvalue weighted by Crippen LogP contribution is -2.22. The van der Waals surface area contributed by atoms with Crippen LogP contribution in [0.4, 0.5) is 0 Å². The molecule has 0 atom stereocenters. The van der Waals surface area contributed by atoms with Gasteiger partial charge in [-0.1, -0.05) is 72.8 Å². The van der Waals surface area contributed by atoms with E-state index in [1.165, 1.54) is 12.0 Å². The molecule has 0 aliphatic carbocycles. The fraction of sp³-hybridized carbons (Fsp3) is 0.138. The topological polar surface area (TPSA) is 81.9 Å². The number of carbonyl (C=O) groups excluding carboxylic acids is 2. The summed E-state index contributed by atoms with van der Waals surface area (Å²) >= 11 is 0. The highest BCUT2D eigenvalue weighted by molar-refractivity contribution is 6.23. The van der Waals surface area contributed by atoms with E-state index in [1.54, 1.807) is 38.4 Å². The zero-order chi connectivity index (χ0) is 25.5. The molecule has 1 aromatic heterocycles. The molecule has 7 nitrogen and oxygen atoms in total. The summed E-state index contributed by atoms with van der Waals surface area (Å²) in [4.78, 5) is 30.9. The molecule has 0 spiro atoms. The molecule has 0 aliphatic heterocycles. The van der Waals surface area contributed by atoms with Crippen molar-refractivity contribution < 1.29 is 23.5 Å². The molecule has 0 bridgehead atoms. The Morgan fingerprint density at radius 2 is 1.58 bits per heavy atom. The average molecular weight is 483 g/mol. The molecular weight excluding hydrogens is 456 g/mol. The lowest BCUT2D eigenvalue weighted by molar-refractivity contribution is -0.142. The first kappa shape index (κ1) is 24.5. The molecule has 4 rings (SSSR count). The van der Waals surface area contributed by atoms with Crippen molar-refractivity contribution in [3.05, 3.63) is 96.4 Å². The summed E-state index contributed by atoms with van der Waals surface area (Å²) in [7, 11) is 4.64. The molecule has 0 fully saturated rings. The molecule has 0 N–H and O–H groups in total. The van der Waals surface area contributed by atoms with Crippen LogP contribution >= 0.6 is 0 Å². The van der Waals surface area contributed by atoms with Crippen molar-refractivity contribution >= 4 is 23.5 Å². The third-order valence-electron chi connectivity index (χ3n) is 5.33. The average Bonchev–Trinajstić information content (AvgIpc) is 3.36. The van der Waals surface area contributed by atoms with Crippen molar-refractivity contribution in [3.63, 3.8) is 0 Å². The van der Waals surface area contributed by atoms with Gasteiger partial charge in [0, 0.05) is 25.2 Å². The number of methoxy groups -OCH3 is 1. The molecule has 1 amide bonds. The maximum Gasteiger partial charge on any atom is 0.343 e. The van der Waals surface area contributed by atoms with Gasteiger partial charge in [-0.3, -0.25) is 4.79 Å². The minimum atomic E-state index is -0.485. The Labute approximate surface area is 209 Å². The number of aromatic nitrogens is 1. The SMILES string of the molecule is COC(=O)COc1cccc(C=C(C(=O)N(C)C)c2nc(-c3ccccc3)c(-c3ccccc3)o2)c1. The van der Waals surface area contributed by atoms with Gasteiger partial charge < -0.3 is 18.8 Å². The van der Waals surface area contributed by atoms with Crippen LogP contribution in [-0.2, 0) is 14.3 Å². The highest BCUT2D eigenvalue weighted by atomic mass is 16.6. The number of nitrogens with zero attached hydrogens (tertiary/aromatic N) is 2. The second-order valence-corrected chi connectivity index (χ2v) is 8.12. The standard InChI is InChI=1S/C29H26N2O5/c1-31(2)29(33)24(18-20-11-10-16-23(17-20)35-19-25(32)34-3)28-30-26(21-12-6-4-7-13-21)27(36-28)22-14-8-5-9-15-22/h4-18H,19H2,1-3H3. The molecular formula is C29H26N2O5. The van der Waals surface area contributed by atoms with Gasteiger partial charge >= 0.3 is 5.97 Å². The number of rotatable bonds is 8. The van der Waals surface area contributed by atoms with Crippen LogP contribution in [0.25, 0.3) is 34.2 Å². The lowest BCUT2D eigenvalue weighted by atomic mass is 10.1. The smallest absolute Gasteiger partial charge is 0.343 e. The summed E-state index contributed by atoms with van der Waals surface area (Å²) in [6.45, 7) is -0.215. The van der Waals surface area contributed by atoms with E-state index >= 15 is 0 Å². The van der Waals surface area contributed by atoms with E-state index in [1.807, 2.05) is 66.7 Å². The van der Waals surface area contributed by atoms with Gasteiger partial charge in [0.25, 0.3) is 5.91 Å². The van der Waals surface area contributed by atoms with Gasteiger partial charge in [-0.25, -0.2) is 9.78 Å². The predicted octanol–water partition coefficient (Wildman–Crippen LogP) is 5.19. The number of carbonyl (C=O) groups is 2. The molecule has 0 unspecified atom stereocenters. The Bertz CT molecular complexity index is 1320. The molecule has 0 radical (unpaired) electrons. The Kier molecular flexibility index (Phi) is 7.60. The highest BCUT2D eigenvalue weighted by Crippen LogP contribution is 2.35. The van der Waals surface area contributed by atoms with Crippen LogP contribution in [0.15, 0.2) is 89.3 Å².